The maximum atomic E-state index is 13.9. The van der Waals surface area contributed by atoms with Crippen molar-refractivity contribution in [1.82, 2.24) is 10.6 Å². The van der Waals surface area contributed by atoms with E-state index in [9.17, 15) is 14.4 Å². The second kappa shape index (κ2) is 15.2. The lowest BCUT2D eigenvalue weighted by molar-refractivity contribution is -0.133. The number of nitrogens with zero attached hydrogens (tertiary/aromatic N) is 1. The Bertz CT molecular complexity index is 1180. The van der Waals surface area contributed by atoms with Gasteiger partial charge >= 0.3 is 0 Å². The van der Waals surface area contributed by atoms with Crippen molar-refractivity contribution in [3.05, 3.63) is 71.3 Å². The van der Waals surface area contributed by atoms with Crippen LogP contribution in [0, 0.1) is 5.41 Å². The van der Waals surface area contributed by atoms with Crippen LogP contribution in [0.5, 0.6) is 0 Å². The van der Waals surface area contributed by atoms with E-state index in [0.717, 1.165) is 11.1 Å². The summed E-state index contributed by atoms with van der Waals surface area (Å²) in [5.74, 6) is -1.72. The van der Waals surface area contributed by atoms with E-state index in [4.69, 9.17) is 34.1 Å². The molecule has 2 aromatic carbocycles. The minimum atomic E-state index is -1.05. The zero-order chi connectivity index (χ0) is 29.7. The molecule has 13 N–H and O–H groups in total. The first-order valence-electron chi connectivity index (χ1n) is 13.1. The van der Waals surface area contributed by atoms with Crippen LogP contribution >= 0.6 is 0 Å². The van der Waals surface area contributed by atoms with Gasteiger partial charge in [0.1, 0.15) is 17.9 Å². The van der Waals surface area contributed by atoms with Crippen molar-refractivity contribution in [1.29, 1.82) is 5.41 Å². The van der Waals surface area contributed by atoms with Gasteiger partial charge in [-0.05, 0) is 56.7 Å². The molecule has 0 radical (unpaired) electrons. The Balaban J connectivity index is 2.28. The highest BCUT2D eigenvalue weighted by Crippen LogP contribution is 2.29. The summed E-state index contributed by atoms with van der Waals surface area (Å²) in [5.41, 5.74) is 28.6. The van der Waals surface area contributed by atoms with Crippen LogP contribution in [0.4, 0.5) is 0 Å². The first-order valence-corrected chi connectivity index (χ1v) is 13.1. The first-order chi connectivity index (χ1) is 19.0. The predicted molar refractivity (Wildman–Crippen MR) is 156 cm³/mol. The summed E-state index contributed by atoms with van der Waals surface area (Å²) >= 11 is 0. The number of carbonyl (C=O) groups excluding carboxylic acids is 3. The summed E-state index contributed by atoms with van der Waals surface area (Å²) in [7, 11) is 0. The van der Waals surface area contributed by atoms with Gasteiger partial charge in [0.25, 0.3) is 0 Å². The molecule has 0 spiro atoms. The number of nitrogens with two attached hydrogens (primary N) is 5. The maximum absolute atomic E-state index is 13.9. The average molecular weight is 552 g/mol. The third-order valence-corrected chi connectivity index (χ3v) is 6.66. The van der Waals surface area contributed by atoms with Crippen LogP contribution in [0.3, 0.4) is 0 Å². The van der Waals surface area contributed by atoms with Gasteiger partial charge in [-0.2, -0.15) is 0 Å². The van der Waals surface area contributed by atoms with E-state index in [2.05, 4.69) is 15.6 Å². The topological polar surface area (TPSA) is 242 Å². The zero-order valence-corrected chi connectivity index (χ0v) is 22.9. The number of rotatable bonds is 16. The monoisotopic (exact) mass is 551 g/mol. The van der Waals surface area contributed by atoms with Gasteiger partial charge in [-0.15, -0.1) is 0 Å². The summed E-state index contributed by atoms with van der Waals surface area (Å²) in [6.07, 6.45) is 1.71. The smallest absolute Gasteiger partial charge is 0.243 e. The predicted octanol–water partition coefficient (Wildman–Crippen LogP) is -0.282. The van der Waals surface area contributed by atoms with Crippen LogP contribution in [0.1, 0.15) is 49.3 Å². The second-order valence-electron chi connectivity index (χ2n) is 9.85. The van der Waals surface area contributed by atoms with Crippen molar-refractivity contribution < 1.29 is 14.4 Å². The molecule has 216 valence electrons. The lowest BCUT2D eigenvalue weighted by Gasteiger charge is -2.32. The fourth-order valence-electron chi connectivity index (χ4n) is 4.30. The number of amides is 3. The first kappa shape index (κ1) is 31.8. The Kier molecular flexibility index (Phi) is 12.1. The zero-order valence-electron chi connectivity index (χ0n) is 22.9. The molecule has 40 heavy (non-hydrogen) atoms. The van der Waals surface area contributed by atoms with Crippen LogP contribution < -0.4 is 39.3 Å². The molecule has 0 saturated carbocycles. The number of nitrogens with one attached hydrogen (secondary N) is 3. The number of nitrogen functional groups attached to an aromatic ring is 1. The van der Waals surface area contributed by atoms with Crippen molar-refractivity contribution in [2.45, 2.75) is 56.5 Å². The number of primary amides is 1. The van der Waals surface area contributed by atoms with Gasteiger partial charge in [0.15, 0.2) is 5.96 Å². The molecule has 3 atom stereocenters. The van der Waals surface area contributed by atoms with Gasteiger partial charge in [0, 0.05) is 12.1 Å². The molecule has 0 saturated heterocycles. The molecule has 2 rings (SSSR count). The summed E-state index contributed by atoms with van der Waals surface area (Å²) in [6, 6.07) is 14.5. The van der Waals surface area contributed by atoms with E-state index in [0.29, 0.717) is 31.4 Å². The molecule has 1 unspecified atom stereocenters. The number of amidine groups is 1. The maximum Gasteiger partial charge on any atom is 0.243 e. The van der Waals surface area contributed by atoms with Crippen LogP contribution in [0.15, 0.2) is 59.6 Å². The standard InChI is InChI=1S/C28H41N9O3/c1-28(20-7-3-2-4-8-20,17-18-11-13-19(14-12-18)23(30)31)26(40)37-22(9-5-15-29)25(39)36-21(24(32)38)10-6-16-35-27(33)34/h2-4,7-8,11-14,21-22H,5-6,9-10,15-17,29H2,1H3,(H3,30,31)(H2,32,38)(H,36,39)(H,37,40)(H4,33,34,35)/t21?,22-,28-/m0/s1. The average Bonchev–Trinajstić information content (AvgIpc) is 2.92. The van der Waals surface area contributed by atoms with E-state index < -0.39 is 29.3 Å². The Morgan fingerprint density at radius 1 is 0.900 bits per heavy atom. The molecule has 0 bridgehead atoms. The second-order valence-corrected chi connectivity index (χ2v) is 9.85. The number of guanidine groups is 1. The third kappa shape index (κ3) is 9.38. The Hall–Kier alpha value is -4.45. The molecule has 0 aliphatic rings. The number of benzene rings is 2. The van der Waals surface area contributed by atoms with Gasteiger partial charge in [0.2, 0.25) is 17.7 Å². The van der Waals surface area contributed by atoms with E-state index in [1.165, 1.54) is 0 Å². The summed E-state index contributed by atoms with van der Waals surface area (Å²) in [5, 5.41) is 13.2. The summed E-state index contributed by atoms with van der Waals surface area (Å²) < 4.78 is 0. The summed E-state index contributed by atoms with van der Waals surface area (Å²) in [4.78, 5) is 43.1. The number of carbonyl (C=O) groups is 3. The number of hydrogen-bond donors (Lipinski definition) is 8. The Labute approximate surface area is 234 Å². The fourth-order valence-corrected chi connectivity index (χ4v) is 4.30. The largest absolute Gasteiger partial charge is 0.384 e. The van der Waals surface area contributed by atoms with Gasteiger partial charge in [-0.3, -0.25) is 24.8 Å². The van der Waals surface area contributed by atoms with E-state index >= 15 is 0 Å². The molecule has 0 aliphatic carbocycles. The SMILES string of the molecule is C[C@@](Cc1ccc(C(=N)N)cc1)(C(=O)N[C@@H](CCCN)C(=O)NC(CCCN=C(N)N)C(N)=O)c1ccccc1. The van der Waals surface area contributed by atoms with Gasteiger partial charge in [-0.25, -0.2) is 0 Å². The lowest BCUT2D eigenvalue weighted by Crippen LogP contribution is -2.56. The van der Waals surface area contributed by atoms with E-state index in [-0.39, 0.29) is 37.1 Å². The van der Waals surface area contributed by atoms with Crippen molar-refractivity contribution in [2.75, 3.05) is 13.1 Å². The molecule has 3 amide bonds. The fraction of sp³-hybridized carbons (Fsp3) is 0.393. The van der Waals surface area contributed by atoms with Crippen LogP contribution in [-0.2, 0) is 26.2 Å². The highest BCUT2D eigenvalue weighted by molar-refractivity contribution is 5.96. The molecular weight excluding hydrogens is 510 g/mol. The van der Waals surface area contributed by atoms with Crippen LogP contribution in [-0.4, -0.2) is 54.7 Å². The molecule has 0 aliphatic heterocycles. The van der Waals surface area contributed by atoms with Crippen molar-refractivity contribution in [3.8, 4) is 0 Å². The number of hydrogen-bond acceptors (Lipinski definition) is 6. The van der Waals surface area contributed by atoms with Gasteiger partial charge in [0.05, 0.1) is 5.41 Å². The van der Waals surface area contributed by atoms with Crippen molar-refractivity contribution >= 4 is 29.5 Å². The van der Waals surface area contributed by atoms with Gasteiger partial charge < -0.3 is 39.3 Å². The van der Waals surface area contributed by atoms with Crippen molar-refractivity contribution in [2.24, 2.45) is 33.7 Å². The quantitative estimate of drug-likeness (QED) is 0.0787. The Morgan fingerprint density at radius 3 is 2.08 bits per heavy atom. The van der Waals surface area contributed by atoms with E-state index in [1.54, 1.807) is 12.1 Å². The molecule has 0 heterocycles. The number of aliphatic imine (C=N–C) groups is 1. The highest BCUT2D eigenvalue weighted by Gasteiger charge is 2.38. The molecule has 0 fully saturated rings. The Morgan fingerprint density at radius 2 is 1.52 bits per heavy atom. The van der Waals surface area contributed by atoms with E-state index in [1.807, 2.05) is 49.4 Å². The minimum absolute atomic E-state index is 0.0469. The third-order valence-electron chi connectivity index (χ3n) is 6.66. The molecular formula is C28H41N9O3. The molecule has 12 heteroatoms. The minimum Gasteiger partial charge on any atom is -0.384 e. The normalized spacial score (nSPS) is 13.8. The molecule has 2 aromatic rings. The van der Waals surface area contributed by atoms with Crippen LogP contribution in [0.2, 0.25) is 0 Å². The lowest BCUT2D eigenvalue weighted by atomic mass is 9.76. The molecule has 0 aromatic heterocycles. The summed E-state index contributed by atoms with van der Waals surface area (Å²) in [6.45, 7) is 2.40. The van der Waals surface area contributed by atoms with Crippen molar-refractivity contribution in [3.63, 3.8) is 0 Å². The van der Waals surface area contributed by atoms with Crippen LogP contribution in [0.25, 0.3) is 0 Å². The highest BCUT2D eigenvalue weighted by atomic mass is 16.2. The van der Waals surface area contributed by atoms with Gasteiger partial charge in [-0.1, -0.05) is 54.6 Å². The molecule has 12 nitrogen and oxygen atoms in total.